The molecule has 0 saturated heterocycles. The van der Waals surface area contributed by atoms with Crippen molar-refractivity contribution in [3.8, 4) is 0 Å². The van der Waals surface area contributed by atoms with Gasteiger partial charge in [0.2, 0.25) is 5.13 Å². The first kappa shape index (κ1) is 13.2. The number of aryl methyl sites for hydroxylation is 2. The minimum Gasteiger partial charge on any atom is -0.258 e. The van der Waals surface area contributed by atoms with Crippen molar-refractivity contribution in [2.75, 3.05) is 5.43 Å². The standard InChI is InChI=1S/C12H12N4O2S/c1-8-4-3-5-10(11(8)16(17)18)6-13-15-12-14-9(2)7-19-12/h3-7H,1-2H3,(H,14,15). The summed E-state index contributed by atoms with van der Waals surface area (Å²) in [4.78, 5) is 14.8. The summed E-state index contributed by atoms with van der Waals surface area (Å²) in [6.07, 6.45) is 1.43. The fraction of sp³-hybridized carbons (Fsp3) is 0.167. The van der Waals surface area contributed by atoms with E-state index in [1.807, 2.05) is 12.3 Å². The van der Waals surface area contributed by atoms with Crippen molar-refractivity contribution in [1.82, 2.24) is 4.98 Å². The average Bonchev–Trinajstić information content (AvgIpc) is 2.74. The lowest BCUT2D eigenvalue weighted by molar-refractivity contribution is -0.385. The molecule has 1 heterocycles. The molecule has 2 aromatic rings. The fourth-order valence-electron chi connectivity index (χ4n) is 1.60. The minimum absolute atomic E-state index is 0.0726. The molecule has 1 aromatic heterocycles. The van der Waals surface area contributed by atoms with E-state index in [4.69, 9.17) is 0 Å². The monoisotopic (exact) mass is 276 g/mol. The third kappa shape index (κ3) is 3.14. The highest BCUT2D eigenvalue weighted by Gasteiger charge is 2.14. The van der Waals surface area contributed by atoms with E-state index in [1.54, 1.807) is 25.1 Å². The third-order valence-corrected chi connectivity index (χ3v) is 3.30. The summed E-state index contributed by atoms with van der Waals surface area (Å²) in [7, 11) is 0. The zero-order valence-electron chi connectivity index (χ0n) is 10.5. The molecule has 0 saturated carbocycles. The topological polar surface area (TPSA) is 80.4 Å². The molecule has 19 heavy (non-hydrogen) atoms. The van der Waals surface area contributed by atoms with Crippen molar-refractivity contribution in [3.63, 3.8) is 0 Å². The molecule has 0 aliphatic rings. The maximum absolute atomic E-state index is 11.0. The molecule has 1 N–H and O–H groups in total. The van der Waals surface area contributed by atoms with E-state index in [-0.39, 0.29) is 5.69 Å². The average molecular weight is 276 g/mol. The molecule has 0 radical (unpaired) electrons. The first-order valence-electron chi connectivity index (χ1n) is 5.53. The summed E-state index contributed by atoms with van der Waals surface area (Å²) in [5, 5.41) is 17.5. The Morgan fingerprint density at radius 1 is 1.47 bits per heavy atom. The van der Waals surface area contributed by atoms with Crippen molar-refractivity contribution in [1.29, 1.82) is 0 Å². The van der Waals surface area contributed by atoms with Crippen molar-refractivity contribution in [2.45, 2.75) is 13.8 Å². The van der Waals surface area contributed by atoms with E-state index in [1.165, 1.54) is 17.6 Å². The van der Waals surface area contributed by atoms with Gasteiger partial charge in [-0.15, -0.1) is 11.3 Å². The molecular formula is C12H12N4O2S. The molecule has 7 heteroatoms. The fourth-order valence-corrected chi connectivity index (χ4v) is 2.23. The predicted molar refractivity (Wildman–Crippen MR) is 75.9 cm³/mol. The van der Waals surface area contributed by atoms with Crippen molar-refractivity contribution in [3.05, 3.63) is 50.5 Å². The second kappa shape index (κ2) is 5.57. The molecule has 0 spiro atoms. The van der Waals surface area contributed by atoms with Crippen LogP contribution in [-0.4, -0.2) is 16.1 Å². The number of rotatable bonds is 4. The van der Waals surface area contributed by atoms with E-state index >= 15 is 0 Å². The number of thiazole rings is 1. The van der Waals surface area contributed by atoms with Gasteiger partial charge in [0, 0.05) is 10.9 Å². The number of hydrogen-bond acceptors (Lipinski definition) is 6. The smallest absolute Gasteiger partial charge is 0.258 e. The van der Waals surface area contributed by atoms with Crippen LogP contribution < -0.4 is 5.43 Å². The maximum atomic E-state index is 11.0. The van der Waals surface area contributed by atoms with Gasteiger partial charge in [0.15, 0.2) is 0 Å². The molecule has 1 aromatic carbocycles. The molecular weight excluding hydrogens is 264 g/mol. The Hall–Kier alpha value is -2.28. The highest BCUT2D eigenvalue weighted by molar-refractivity contribution is 7.13. The second-order valence-electron chi connectivity index (χ2n) is 3.93. The van der Waals surface area contributed by atoms with Crippen LogP contribution in [0.2, 0.25) is 0 Å². The summed E-state index contributed by atoms with van der Waals surface area (Å²) in [6.45, 7) is 3.59. The van der Waals surface area contributed by atoms with E-state index < -0.39 is 4.92 Å². The van der Waals surface area contributed by atoms with Gasteiger partial charge in [-0.25, -0.2) is 4.98 Å². The van der Waals surface area contributed by atoms with Crippen LogP contribution >= 0.6 is 11.3 Å². The van der Waals surface area contributed by atoms with Gasteiger partial charge >= 0.3 is 0 Å². The summed E-state index contributed by atoms with van der Waals surface area (Å²) < 4.78 is 0. The highest BCUT2D eigenvalue weighted by Crippen LogP contribution is 2.21. The Labute approximate surface area is 114 Å². The van der Waals surface area contributed by atoms with E-state index in [0.29, 0.717) is 16.3 Å². The van der Waals surface area contributed by atoms with Gasteiger partial charge in [-0.1, -0.05) is 12.1 Å². The van der Waals surface area contributed by atoms with Crippen molar-refractivity contribution in [2.24, 2.45) is 5.10 Å². The highest BCUT2D eigenvalue weighted by atomic mass is 32.1. The lowest BCUT2D eigenvalue weighted by atomic mass is 10.1. The Morgan fingerprint density at radius 2 is 2.26 bits per heavy atom. The van der Waals surface area contributed by atoms with Crippen LogP contribution in [0.3, 0.4) is 0 Å². The molecule has 0 amide bonds. The quantitative estimate of drug-likeness (QED) is 0.528. The van der Waals surface area contributed by atoms with Gasteiger partial charge in [0.25, 0.3) is 5.69 Å². The molecule has 0 aliphatic carbocycles. The number of benzene rings is 1. The zero-order valence-corrected chi connectivity index (χ0v) is 11.3. The SMILES string of the molecule is Cc1csc(NN=Cc2cccc(C)c2[N+](=O)[O-])n1. The predicted octanol–water partition coefficient (Wildman–Crippen LogP) is 3.11. The van der Waals surface area contributed by atoms with Crippen LogP contribution in [0.1, 0.15) is 16.8 Å². The number of anilines is 1. The second-order valence-corrected chi connectivity index (χ2v) is 4.79. The number of nitro groups is 1. The summed E-state index contributed by atoms with van der Waals surface area (Å²) in [5.74, 6) is 0. The summed E-state index contributed by atoms with van der Waals surface area (Å²) >= 11 is 1.43. The molecule has 0 unspecified atom stereocenters. The Bertz CT molecular complexity index is 636. The number of hydrazone groups is 1. The van der Waals surface area contributed by atoms with Crippen LogP contribution in [0.15, 0.2) is 28.7 Å². The number of nitro benzene ring substituents is 1. The molecule has 98 valence electrons. The van der Waals surface area contributed by atoms with Crippen molar-refractivity contribution >= 4 is 28.4 Å². The summed E-state index contributed by atoms with van der Waals surface area (Å²) in [6, 6.07) is 5.12. The van der Waals surface area contributed by atoms with E-state index in [9.17, 15) is 10.1 Å². The lowest BCUT2D eigenvalue weighted by Gasteiger charge is -2.00. The number of hydrogen-bond donors (Lipinski definition) is 1. The van der Waals surface area contributed by atoms with E-state index in [0.717, 1.165) is 5.69 Å². The van der Waals surface area contributed by atoms with Gasteiger partial charge in [-0.3, -0.25) is 15.5 Å². The van der Waals surface area contributed by atoms with Gasteiger partial charge in [-0.05, 0) is 19.9 Å². The van der Waals surface area contributed by atoms with Gasteiger partial charge in [0.1, 0.15) is 0 Å². The number of aromatic nitrogens is 1. The van der Waals surface area contributed by atoms with Gasteiger partial charge in [0.05, 0.1) is 22.4 Å². The first-order valence-corrected chi connectivity index (χ1v) is 6.41. The van der Waals surface area contributed by atoms with Crippen LogP contribution in [0.4, 0.5) is 10.8 Å². The minimum atomic E-state index is -0.399. The Kier molecular flexibility index (Phi) is 3.86. The zero-order chi connectivity index (χ0) is 13.8. The number of para-hydroxylation sites is 1. The lowest BCUT2D eigenvalue weighted by Crippen LogP contribution is -1.98. The van der Waals surface area contributed by atoms with E-state index in [2.05, 4.69) is 15.5 Å². The molecule has 2 rings (SSSR count). The number of nitrogens with one attached hydrogen (secondary N) is 1. The first-order chi connectivity index (χ1) is 9.08. The Balaban J connectivity index is 2.19. The van der Waals surface area contributed by atoms with Crippen LogP contribution in [0.25, 0.3) is 0 Å². The van der Waals surface area contributed by atoms with Crippen LogP contribution in [0, 0.1) is 24.0 Å². The molecule has 0 fully saturated rings. The van der Waals surface area contributed by atoms with Crippen LogP contribution in [-0.2, 0) is 0 Å². The van der Waals surface area contributed by atoms with Crippen LogP contribution in [0.5, 0.6) is 0 Å². The third-order valence-electron chi connectivity index (χ3n) is 2.43. The van der Waals surface area contributed by atoms with Crippen molar-refractivity contribution < 1.29 is 4.92 Å². The maximum Gasteiger partial charge on any atom is 0.281 e. The van der Waals surface area contributed by atoms with Gasteiger partial charge in [-0.2, -0.15) is 5.10 Å². The Morgan fingerprint density at radius 3 is 2.89 bits per heavy atom. The molecule has 0 aliphatic heterocycles. The molecule has 6 nitrogen and oxygen atoms in total. The van der Waals surface area contributed by atoms with Gasteiger partial charge < -0.3 is 0 Å². The summed E-state index contributed by atoms with van der Waals surface area (Å²) in [5.41, 5.74) is 4.81. The largest absolute Gasteiger partial charge is 0.281 e. The normalized spacial score (nSPS) is 10.8. The molecule has 0 atom stereocenters. The molecule has 0 bridgehead atoms. The number of nitrogens with zero attached hydrogens (tertiary/aromatic N) is 3.